The number of hydrogen-bond donors (Lipinski definition) is 2. The van der Waals surface area contributed by atoms with E-state index in [1.54, 1.807) is 0 Å². The normalized spacial score (nSPS) is 16.4. The lowest BCUT2D eigenvalue weighted by Crippen LogP contribution is -2.32. The van der Waals surface area contributed by atoms with Crippen LogP contribution in [0.1, 0.15) is 29.5 Å². The van der Waals surface area contributed by atoms with Gasteiger partial charge in [-0.25, -0.2) is 18.0 Å². The van der Waals surface area contributed by atoms with Gasteiger partial charge in [-0.1, -0.05) is 6.07 Å². The summed E-state index contributed by atoms with van der Waals surface area (Å²) in [6.07, 6.45) is -7.92. The van der Waals surface area contributed by atoms with Gasteiger partial charge in [-0.3, -0.25) is 9.36 Å². The number of ether oxygens (including phenoxy) is 1. The molecule has 14 heteroatoms. The summed E-state index contributed by atoms with van der Waals surface area (Å²) in [6.45, 7) is 0.713. The molecule has 2 atom stereocenters. The summed E-state index contributed by atoms with van der Waals surface area (Å²) < 4.78 is 89.2. The van der Waals surface area contributed by atoms with Crippen LogP contribution >= 0.6 is 0 Å². The van der Waals surface area contributed by atoms with Crippen molar-refractivity contribution in [1.82, 2.24) is 14.3 Å². The molecule has 1 amide bonds. The van der Waals surface area contributed by atoms with Gasteiger partial charge < -0.3 is 15.2 Å². The van der Waals surface area contributed by atoms with Crippen LogP contribution in [-0.2, 0) is 13.0 Å². The number of nitrogens with zero attached hydrogens (tertiary/aromatic N) is 3. The minimum absolute atomic E-state index is 0.00693. The van der Waals surface area contributed by atoms with Gasteiger partial charge in [0.2, 0.25) is 0 Å². The molecule has 36 heavy (non-hydrogen) atoms. The molecule has 1 aromatic heterocycles. The Bertz CT molecular complexity index is 1360. The third-order valence-corrected chi connectivity index (χ3v) is 5.53. The number of rotatable bonds is 5. The molecule has 0 fully saturated rings. The Morgan fingerprint density at radius 2 is 1.86 bits per heavy atom. The second-order valence-electron chi connectivity index (χ2n) is 8.06. The number of aliphatic hydroxyl groups excluding tert-OH is 1. The van der Waals surface area contributed by atoms with Crippen LogP contribution in [0.3, 0.4) is 0 Å². The monoisotopic (exact) mass is 516 g/mol. The lowest BCUT2D eigenvalue weighted by molar-refractivity contribution is -0.189. The van der Waals surface area contributed by atoms with Crippen LogP contribution in [0, 0.1) is 17.5 Å². The topological polar surface area (TPSA) is 98.4 Å². The Balaban J connectivity index is 1.81. The number of aliphatic hydroxyl groups is 1. The first-order valence-corrected chi connectivity index (χ1v) is 10.6. The molecule has 0 radical (unpaired) electrons. The average molecular weight is 516 g/mol. The van der Waals surface area contributed by atoms with Crippen molar-refractivity contribution >= 4 is 11.6 Å². The van der Waals surface area contributed by atoms with E-state index in [4.69, 9.17) is 4.74 Å². The number of amides is 1. The number of carbonyl (C=O) groups excluding carboxylic acids is 1. The lowest BCUT2D eigenvalue weighted by Gasteiger charge is -2.20. The highest BCUT2D eigenvalue weighted by molar-refractivity contribution is 6.06. The molecule has 2 N–H and O–H groups in total. The Hall–Kier alpha value is -3.81. The fourth-order valence-electron chi connectivity index (χ4n) is 3.60. The first-order valence-electron chi connectivity index (χ1n) is 10.6. The summed E-state index contributed by atoms with van der Waals surface area (Å²) in [5.74, 6) is -5.66. The smallest absolute Gasteiger partial charge is 0.425 e. The summed E-state index contributed by atoms with van der Waals surface area (Å²) in [5.41, 5.74) is -3.17. The summed E-state index contributed by atoms with van der Waals surface area (Å²) in [6, 6.07) is 3.82. The first kappa shape index (κ1) is 25.3. The second-order valence-corrected chi connectivity index (χ2v) is 8.06. The molecular formula is C22H18F6N4O4. The van der Waals surface area contributed by atoms with E-state index in [-0.39, 0.29) is 25.2 Å². The van der Waals surface area contributed by atoms with Crippen LogP contribution in [0.5, 0.6) is 5.75 Å². The van der Waals surface area contributed by atoms with Crippen molar-refractivity contribution in [2.24, 2.45) is 0 Å². The van der Waals surface area contributed by atoms with E-state index in [0.29, 0.717) is 23.7 Å². The Kier molecular flexibility index (Phi) is 6.56. The van der Waals surface area contributed by atoms with Gasteiger partial charge >= 0.3 is 11.9 Å². The maximum absolute atomic E-state index is 15.1. The van der Waals surface area contributed by atoms with E-state index in [2.05, 4.69) is 5.10 Å². The zero-order chi connectivity index (χ0) is 26.4. The summed E-state index contributed by atoms with van der Waals surface area (Å²) in [4.78, 5) is 25.5. The quantitative estimate of drug-likeness (QED) is 0.507. The van der Waals surface area contributed by atoms with E-state index in [1.807, 2.05) is 5.32 Å². The molecule has 1 unspecified atom stereocenters. The number of hydrogen-bond acceptors (Lipinski definition) is 5. The van der Waals surface area contributed by atoms with Gasteiger partial charge in [-0.15, -0.1) is 5.10 Å². The molecule has 1 aliphatic rings. The van der Waals surface area contributed by atoms with Crippen molar-refractivity contribution in [3.05, 3.63) is 69.7 Å². The third-order valence-electron chi connectivity index (χ3n) is 5.53. The fourth-order valence-corrected chi connectivity index (χ4v) is 3.60. The van der Waals surface area contributed by atoms with Crippen molar-refractivity contribution < 1.29 is 41.0 Å². The zero-order valence-corrected chi connectivity index (χ0v) is 18.4. The number of alkyl halides is 3. The van der Waals surface area contributed by atoms with Gasteiger partial charge in [-0.05, 0) is 31.5 Å². The van der Waals surface area contributed by atoms with E-state index in [9.17, 15) is 36.6 Å². The number of anilines is 1. The van der Waals surface area contributed by atoms with E-state index < -0.39 is 70.1 Å². The fraction of sp³-hybridized carbons (Fsp3) is 0.318. The zero-order valence-electron chi connectivity index (χ0n) is 18.4. The third kappa shape index (κ3) is 4.80. The van der Waals surface area contributed by atoms with Gasteiger partial charge in [0.15, 0.2) is 6.10 Å². The van der Waals surface area contributed by atoms with Crippen LogP contribution < -0.4 is 15.7 Å². The van der Waals surface area contributed by atoms with Gasteiger partial charge in [0.05, 0.1) is 11.7 Å². The van der Waals surface area contributed by atoms with Crippen molar-refractivity contribution in [2.45, 2.75) is 44.7 Å². The van der Waals surface area contributed by atoms with Crippen LogP contribution in [0.2, 0.25) is 0 Å². The standard InChI is InChI=1S/C22H18F6N4O4/c1-10(22(26,27)28)36-17-9-16(32-21(35)31-6-5-11(33)7-18(31)30-32)15(25)8-12(17)20(34)29-19-13(23)3-2-4-14(19)24/h2-4,8-11,33H,5-7H2,1H3,(H,29,34)/t10-,11?/m0/s1. The Labute approximate surface area is 198 Å². The van der Waals surface area contributed by atoms with Crippen molar-refractivity contribution in [1.29, 1.82) is 0 Å². The molecule has 2 heterocycles. The maximum atomic E-state index is 15.1. The Morgan fingerprint density at radius 3 is 2.50 bits per heavy atom. The van der Waals surface area contributed by atoms with Gasteiger partial charge in [0.25, 0.3) is 5.91 Å². The molecule has 2 aromatic carbocycles. The van der Waals surface area contributed by atoms with Crippen LogP contribution in [0.25, 0.3) is 5.69 Å². The summed E-state index contributed by atoms with van der Waals surface area (Å²) in [5, 5.41) is 15.6. The predicted octanol–water partition coefficient (Wildman–Crippen LogP) is 3.34. The minimum atomic E-state index is -4.89. The van der Waals surface area contributed by atoms with Crippen molar-refractivity contribution in [3.63, 3.8) is 0 Å². The Morgan fingerprint density at radius 1 is 1.19 bits per heavy atom. The molecular weight excluding hydrogens is 498 g/mol. The lowest BCUT2D eigenvalue weighted by atomic mass is 10.1. The SMILES string of the molecule is C[C@H](Oc1cc(-n2nc3n(c2=O)CCC(O)C3)c(F)cc1C(=O)Nc1c(F)cccc1F)C(F)(F)F. The molecule has 0 aliphatic carbocycles. The number of fused-ring (bicyclic) bond motifs is 1. The summed E-state index contributed by atoms with van der Waals surface area (Å²) >= 11 is 0. The van der Waals surface area contributed by atoms with Gasteiger partial charge in [-0.2, -0.15) is 17.9 Å². The molecule has 1 aliphatic heterocycles. The number of benzene rings is 2. The number of carbonyl (C=O) groups is 1. The highest BCUT2D eigenvalue weighted by Crippen LogP contribution is 2.31. The van der Waals surface area contributed by atoms with Crippen LogP contribution in [0.4, 0.5) is 32.0 Å². The maximum Gasteiger partial charge on any atom is 0.425 e. The van der Waals surface area contributed by atoms with E-state index in [0.717, 1.165) is 18.2 Å². The van der Waals surface area contributed by atoms with Crippen LogP contribution in [0.15, 0.2) is 35.1 Å². The molecule has 0 saturated heterocycles. The average Bonchev–Trinajstić information content (AvgIpc) is 3.11. The highest BCUT2D eigenvalue weighted by atomic mass is 19.4. The largest absolute Gasteiger partial charge is 0.480 e. The number of nitrogens with one attached hydrogen (secondary N) is 1. The molecule has 192 valence electrons. The number of aromatic nitrogens is 3. The van der Waals surface area contributed by atoms with Crippen LogP contribution in [-0.4, -0.2) is 43.7 Å². The van der Waals surface area contributed by atoms with Crippen molar-refractivity contribution in [2.75, 3.05) is 5.32 Å². The molecule has 0 saturated carbocycles. The predicted molar refractivity (Wildman–Crippen MR) is 113 cm³/mol. The number of halogens is 6. The van der Waals surface area contributed by atoms with E-state index >= 15 is 4.39 Å². The molecule has 4 rings (SSSR count). The molecule has 0 spiro atoms. The molecule has 8 nitrogen and oxygen atoms in total. The van der Waals surface area contributed by atoms with Gasteiger partial charge in [0, 0.05) is 19.0 Å². The van der Waals surface area contributed by atoms with Gasteiger partial charge in [0.1, 0.15) is 40.4 Å². The molecule has 3 aromatic rings. The van der Waals surface area contributed by atoms with E-state index in [1.165, 1.54) is 4.57 Å². The second kappa shape index (κ2) is 9.33. The summed E-state index contributed by atoms with van der Waals surface area (Å²) in [7, 11) is 0. The molecule has 0 bridgehead atoms. The number of para-hydroxylation sites is 1. The van der Waals surface area contributed by atoms with Crippen molar-refractivity contribution in [3.8, 4) is 11.4 Å². The highest BCUT2D eigenvalue weighted by Gasteiger charge is 2.39. The minimum Gasteiger partial charge on any atom is -0.480 e. The first-order chi connectivity index (χ1) is 16.9.